The lowest BCUT2D eigenvalue weighted by Crippen LogP contribution is -2.33. The summed E-state index contributed by atoms with van der Waals surface area (Å²) < 4.78 is 26.1. The number of sulfonamides is 1. The van der Waals surface area contributed by atoms with Crippen molar-refractivity contribution < 1.29 is 8.42 Å². The van der Waals surface area contributed by atoms with Crippen LogP contribution in [-0.4, -0.2) is 19.2 Å². The molecular weight excluding hydrogens is 296 g/mol. The molecule has 2 rings (SSSR count). The first kappa shape index (κ1) is 17.3. The van der Waals surface area contributed by atoms with E-state index in [2.05, 4.69) is 10.0 Å². The monoisotopic (exact) mass is 324 g/mol. The molecule has 0 aromatic heterocycles. The highest BCUT2D eigenvalue weighted by atomic mass is 32.2. The minimum atomic E-state index is -3.36. The van der Waals surface area contributed by atoms with Gasteiger partial charge >= 0.3 is 0 Å². The Morgan fingerprint density at radius 2 is 1.64 bits per heavy atom. The Balaban J connectivity index is 1.90. The Morgan fingerprint density at radius 3 is 2.18 bits per heavy atom. The Morgan fingerprint density at radius 1 is 1.05 bits per heavy atom. The van der Waals surface area contributed by atoms with Gasteiger partial charge in [-0.3, -0.25) is 4.72 Å². The molecule has 22 heavy (non-hydrogen) atoms. The van der Waals surface area contributed by atoms with Gasteiger partial charge in [0, 0.05) is 18.3 Å². The number of nitrogens with one attached hydrogen (secondary N) is 2. The Bertz CT molecular complexity index is 568. The van der Waals surface area contributed by atoms with Crippen molar-refractivity contribution in [3.05, 3.63) is 29.8 Å². The molecular formula is C17H28N2O2S. The molecule has 1 aromatic carbocycles. The highest BCUT2D eigenvalue weighted by molar-refractivity contribution is 7.94. The number of rotatable bonds is 5. The average Bonchev–Trinajstić information content (AvgIpc) is 2.46. The number of benzene rings is 1. The molecule has 1 aliphatic carbocycles. The maximum Gasteiger partial charge on any atom is 0.237 e. The second-order valence-electron chi connectivity index (χ2n) is 7.13. The zero-order valence-corrected chi connectivity index (χ0v) is 14.7. The third-order valence-corrected chi connectivity index (χ3v) is 6.33. The maximum absolute atomic E-state index is 12.1. The lowest BCUT2D eigenvalue weighted by Gasteiger charge is -2.23. The second-order valence-corrected chi connectivity index (χ2v) is 9.57. The number of hydrogen-bond donors (Lipinski definition) is 2. The molecule has 0 radical (unpaired) electrons. The summed E-state index contributed by atoms with van der Waals surface area (Å²) in [5, 5.41) is 3.59. The van der Waals surface area contributed by atoms with Crippen molar-refractivity contribution in [2.45, 2.75) is 70.2 Å². The summed E-state index contributed by atoms with van der Waals surface area (Å²) in [6.07, 6.45) is 6.55. The summed E-state index contributed by atoms with van der Waals surface area (Å²) in [7, 11) is -3.36. The second kappa shape index (κ2) is 7.01. The molecule has 0 spiro atoms. The van der Waals surface area contributed by atoms with Gasteiger partial charge in [0.2, 0.25) is 10.0 Å². The number of anilines is 1. The molecule has 5 heteroatoms. The summed E-state index contributed by atoms with van der Waals surface area (Å²) in [4.78, 5) is 0. The van der Waals surface area contributed by atoms with Crippen molar-refractivity contribution in [2.75, 3.05) is 4.72 Å². The van der Waals surface area contributed by atoms with E-state index in [0.717, 1.165) is 6.54 Å². The van der Waals surface area contributed by atoms with Crippen molar-refractivity contribution in [3.8, 4) is 0 Å². The largest absolute Gasteiger partial charge is 0.310 e. The highest BCUT2D eigenvalue weighted by Gasteiger charge is 2.28. The fourth-order valence-electron chi connectivity index (χ4n) is 2.57. The van der Waals surface area contributed by atoms with Crippen LogP contribution >= 0.6 is 0 Å². The van der Waals surface area contributed by atoms with Crippen LogP contribution in [0.2, 0.25) is 0 Å². The first-order chi connectivity index (χ1) is 10.3. The van der Waals surface area contributed by atoms with Gasteiger partial charge in [0.25, 0.3) is 0 Å². The molecule has 124 valence electrons. The van der Waals surface area contributed by atoms with E-state index >= 15 is 0 Å². The minimum absolute atomic E-state index is 0.622. The van der Waals surface area contributed by atoms with Gasteiger partial charge in [-0.25, -0.2) is 8.42 Å². The quantitative estimate of drug-likeness (QED) is 0.869. The van der Waals surface area contributed by atoms with Crippen molar-refractivity contribution in [1.82, 2.24) is 5.32 Å². The molecule has 0 atom stereocenters. The smallest absolute Gasteiger partial charge is 0.237 e. The lowest BCUT2D eigenvalue weighted by atomic mass is 9.95. The van der Waals surface area contributed by atoms with E-state index in [9.17, 15) is 8.42 Å². The number of hydrogen-bond acceptors (Lipinski definition) is 3. The van der Waals surface area contributed by atoms with E-state index in [4.69, 9.17) is 0 Å². The highest BCUT2D eigenvalue weighted by Crippen LogP contribution is 2.20. The Labute approximate surface area is 134 Å². The van der Waals surface area contributed by atoms with Crippen molar-refractivity contribution >= 4 is 15.7 Å². The van der Waals surface area contributed by atoms with Gasteiger partial charge in [-0.2, -0.15) is 0 Å². The van der Waals surface area contributed by atoms with E-state index in [1.165, 1.54) is 37.7 Å². The van der Waals surface area contributed by atoms with Gasteiger partial charge in [-0.05, 0) is 51.3 Å². The molecule has 1 saturated carbocycles. The molecule has 0 aliphatic heterocycles. The minimum Gasteiger partial charge on any atom is -0.310 e. The van der Waals surface area contributed by atoms with Crippen LogP contribution in [0.15, 0.2) is 24.3 Å². The fraction of sp³-hybridized carbons (Fsp3) is 0.647. The molecule has 1 aromatic rings. The van der Waals surface area contributed by atoms with Crippen LogP contribution in [0, 0.1) is 0 Å². The van der Waals surface area contributed by atoms with E-state index in [1.807, 2.05) is 24.3 Å². The van der Waals surface area contributed by atoms with E-state index < -0.39 is 14.8 Å². The molecule has 1 fully saturated rings. The molecule has 2 N–H and O–H groups in total. The normalized spacial score (nSPS) is 17.4. The standard InChI is InChI=1S/C17H28N2O2S/c1-17(2,3)22(20,21)19-16-11-9-14(10-12-16)13-18-15-7-5-4-6-8-15/h9-12,15,18-19H,4-8,13H2,1-3H3. The van der Waals surface area contributed by atoms with Crippen LogP contribution < -0.4 is 10.0 Å². The topological polar surface area (TPSA) is 58.2 Å². The predicted octanol–water partition coefficient (Wildman–Crippen LogP) is 3.65. The van der Waals surface area contributed by atoms with Crippen LogP contribution in [0.25, 0.3) is 0 Å². The van der Waals surface area contributed by atoms with Gasteiger partial charge < -0.3 is 5.32 Å². The molecule has 0 heterocycles. The van der Waals surface area contributed by atoms with Gasteiger partial charge in [0.05, 0.1) is 4.75 Å². The molecule has 4 nitrogen and oxygen atoms in total. The predicted molar refractivity (Wildman–Crippen MR) is 92.5 cm³/mol. The van der Waals surface area contributed by atoms with Crippen molar-refractivity contribution in [1.29, 1.82) is 0 Å². The molecule has 1 aliphatic rings. The fourth-order valence-corrected chi connectivity index (χ4v) is 3.32. The van der Waals surface area contributed by atoms with Crippen molar-refractivity contribution in [3.63, 3.8) is 0 Å². The molecule has 0 amide bonds. The summed E-state index contributed by atoms with van der Waals surface area (Å²) in [6.45, 7) is 5.92. The zero-order valence-electron chi connectivity index (χ0n) is 13.9. The van der Waals surface area contributed by atoms with E-state index in [1.54, 1.807) is 20.8 Å². The van der Waals surface area contributed by atoms with Crippen LogP contribution in [0.1, 0.15) is 58.4 Å². The summed E-state index contributed by atoms with van der Waals surface area (Å²) in [5.41, 5.74) is 1.81. The third-order valence-electron chi connectivity index (χ3n) is 4.21. The lowest BCUT2D eigenvalue weighted by molar-refractivity contribution is 0.372. The third kappa shape index (κ3) is 4.71. The summed E-state index contributed by atoms with van der Waals surface area (Å²) in [5.74, 6) is 0. The molecule has 0 saturated heterocycles. The van der Waals surface area contributed by atoms with Gasteiger partial charge in [0.1, 0.15) is 0 Å². The SMILES string of the molecule is CC(C)(C)S(=O)(=O)Nc1ccc(CNC2CCCCC2)cc1. The summed E-state index contributed by atoms with van der Waals surface area (Å²) in [6, 6.07) is 8.27. The van der Waals surface area contributed by atoms with Crippen LogP contribution in [0.5, 0.6) is 0 Å². The van der Waals surface area contributed by atoms with Gasteiger partial charge in [-0.15, -0.1) is 0 Å². The Kier molecular flexibility index (Phi) is 5.50. The van der Waals surface area contributed by atoms with Crippen molar-refractivity contribution in [2.24, 2.45) is 0 Å². The van der Waals surface area contributed by atoms with Crippen LogP contribution in [0.4, 0.5) is 5.69 Å². The van der Waals surface area contributed by atoms with Crippen LogP contribution in [-0.2, 0) is 16.6 Å². The van der Waals surface area contributed by atoms with E-state index in [-0.39, 0.29) is 0 Å². The average molecular weight is 324 g/mol. The maximum atomic E-state index is 12.1. The Hall–Kier alpha value is -1.07. The first-order valence-electron chi connectivity index (χ1n) is 8.13. The molecule has 0 unspecified atom stereocenters. The van der Waals surface area contributed by atoms with E-state index in [0.29, 0.717) is 11.7 Å². The van der Waals surface area contributed by atoms with Gasteiger partial charge in [0.15, 0.2) is 0 Å². The van der Waals surface area contributed by atoms with Gasteiger partial charge in [-0.1, -0.05) is 31.4 Å². The zero-order chi connectivity index (χ0) is 16.2. The first-order valence-corrected chi connectivity index (χ1v) is 9.61. The molecule has 0 bridgehead atoms. The summed E-state index contributed by atoms with van der Waals surface area (Å²) >= 11 is 0. The van der Waals surface area contributed by atoms with Crippen LogP contribution in [0.3, 0.4) is 0 Å².